The average Bonchev–Trinajstić information content (AvgIpc) is 2.40. The second-order valence-electron chi connectivity index (χ2n) is 1.47. The van der Waals surface area contributed by atoms with E-state index in [9.17, 15) is 0 Å². The molecular weight excluding hydrogens is 174 g/mol. The molecule has 10 heavy (non-hydrogen) atoms. The molecule has 0 amide bonds. The van der Waals surface area contributed by atoms with Crippen molar-refractivity contribution in [3.63, 3.8) is 0 Å². The van der Waals surface area contributed by atoms with Crippen molar-refractivity contribution in [3.8, 4) is 5.75 Å². The molecule has 0 unspecified atom stereocenters. The van der Waals surface area contributed by atoms with Gasteiger partial charge in [-0.15, -0.1) is 11.3 Å². The third-order valence-electron chi connectivity index (χ3n) is 0.808. The summed E-state index contributed by atoms with van der Waals surface area (Å²) < 4.78 is 8.65. The van der Waals surface area contributed by atoms with Gasteiger partial charge in [0.15, 0.2) is 0 Å². The summed E-state index contributed by atoms with van der Waals surface area (Å²) in [5, 5.41) is 12.2. The zero-order valence-corrected chi connectivity index (χ0v) is 6.43. The van der Waals surface area contributed by atoms with Crippen LogP contribution in [0.4, 0.5) is 0 Å². The molecule has 0 spiro atoms. The second-order valence-corrected chi connectivity index (χ2v) is 2.43. The van der Waals surface area contributed by atoms with Gasteiger partial charge in [0.2, 0.25) is 0 Å². The quantitative estimate of drug-likeness (QED) is 0.709. The van der Waals surface area contributed by atoms with Gasteiger partial charge in [-0.2, -0.15) is 0 Å². The van der Waals surface area contributed by atoms with Crippen molar-refractivity contribution in [1.82, 2.24) is 0 Å². The molecule has 54 valence electrons. The van der Waals surface area contributed by atoms with E-state index in [2.05, 4.69) is 4.21 Å². The minimum atomic E-state index is -1.39. The molecule has 3 nitrogen and oxygen atoms in total. The highest BCUT2D eigenvalue weighted by Crippen LogP contribution is 2.15. The summed E-state index contributed by atoms with van der Waals surface area (Å²) in [6, 6.07) is 1.70. The molecule has 0 aromatic carbocycles. The third-order valence-corrected chi connectivity index (χ3v) is 1.62. The van der Waals surface area contributed by atoms with Crippen molar-refractivity contribution in [1.29, 1.82) is 0 Å². The predicted octanol–water partition coefficient (Wildman–Crippen LogP) is 1.27. The van der Waals surface area contributed by atoms with Crippen LogP contribution < -0.4 is 4.65 Å². The summed E-state index contributed by atoms with van der Waals surface area (Å²) in [5.41, 5.74) is 0. The fourth-order valence-electron chi connectivity index (χ4n) is 0.454. The van der Waals surface area contributed by atoms with Gasteiger partial charge in [-0.1, -0.05) is 0 Å². The summed E-state index contributed by atoms with van der Waals surface area (Å²) in [6.07, 6.45) is 0. The van der Waals surface area contributed by atoms with Crippen LogP contribution in [0.15, 0.2) is 16.8 Å². The second kappa shape index (κ2) is 3.83. The molecular formula is C4H4BClO3S. The Morgan fingerprint density at radius 1 is 1.70 bits per heavy atom. The van der Waals surface area contributed by atoms with E-state index in [0.29, 0.717) is 5.75 Å². The topological polar surface area (TPSA) is 38.7 Å². The minimum Gasteiger partial charge on any atom is -0.510 e. The fraction of sp³-hybridized carbons (Fsp3) is 0. The maximum absolute atomic E-state index is 8.66. The van der Waals surface area contributed by atoms with Crippen LogP contribution in [-0.2, 0) is 4.21 Å². The lowest BCUT2D eigenvalue weighted by molar-refractivity contribution is 0.311. The van der Waals surface area contributed by atoms with E-state index in [1.54, 1.807) is 11.4 Å². The molecule has 6 heteroatoms. The van der Waals surface area contributed by atoms with Crippen molar-refractivity contribution < 1.29 is 13.9 Å². The van der Waals surface area contributed by atoms with E-state index in [-0.39, 0.29) is 0 Å². The van der Waals surface area contributed by atoms with Crippen molar-refractivity contribution >= 4 is 30.5 Å². The Labute approximate surface area is 67.5 Å². The monoisotopic (exact) mass is 178 g/mol. The van der Waals surface area contributed by atoms with E-state index in [4.69, 9.17) is 21.5 Å². The first-order valence-corrected chi connectivity index (χ1v) is 3.72. The average molecular weight is 178 g/mol. The lowest BCUT2D eigenvalue weighted by Crippen LogP contribution is -2.21. The van der Waals surface area contributed by atoms with Crippen molar-refractivity contribution in [2.24, 2.45) is 0 Å². The van der Waals surface area contributed by atoms with E-state index in [1.807, 2.05) is 5.38 Å². The summed E-state index contributed by atoms with van der Waals surface area (Å²) >= 11 is 6.25. The van der Waals surface area contributed by atoms with Gasteiger partial charge in [-0.25, -0.2) is 0 Å². The van der Waals surface area contributed by atoms with Crippen molar-refractivity contribution in [3.05, 3.63) is 16.8 Å². The summed E-state index contributed by atoms with van der Waals surface area (Å²) in [5.74, 6) is 0.540. The highest BCUT2D eigenvalue weighted by Gasteiger charge is 2.17. The van der Waals surface area contributed by atoms with Crippen LogP contribution >= 0.6 is 23.2 Å². The van der Waals surface area contributed by atoms with Crippen LogP contribution in [0.3, 0.4) is 0 Å². The van der Waals surface area contributed by atoms with Gasteiger partial charge in [-0.05, 0) is 11.4 Å². The number of hydrogen-bond acceptors (Lipinski definition) is 4. The van der Waals surface area contributed by atoms with E-state index in [0.717, 1.165) is 0 Å². The van der Waals surface area contributed by atoms with Gasteiger partial charge in [0, 0.05) is 17.2 Å². The lowest BCUT2D eigenvalue weighted by atomic mass is 10.2. The Morgan fingerprint density at radius 2 is 2.50 bits per heavy atom. The van der Waals surface area contributed by atoms with Crippen LogP contribution in [-0.4, -0.2) is 12.3 Å². The molecule has 1 aromatic rings. The first kappa shape index (κ1) is 7.88. The molecule has 0 saturated carbocycles. The molecule has 0 bridgehead atoms. The largest absolute Gasteiger partial charge is 0.727 e. The predicted molar refractivity (Wildman–Crippen MR) is 39.9 cm³/mol. The zero-order valence-electron chi connectivity index (χ0n) is 4.86. The molecule has 1 N–H and O–H groups in total. The van der Waals surface area contributed by atoms with Crippen LogP contribution in [0.5, 0.6) is 5.75 Å². The Morgan fingerprint density at radius 3 is 3.00 bits per heavy atom. The van der Waals surface area contributed by atoms with Gasteiger partial charge in [0.25, 0.3) is 0 Å². The highest BCUT2D eigenvalue weighted by atomic mass is 35.5. The lowest BCUT2D eigenvalue weighted by Gasteiger charge is -2.00. The molecule has 0 aliphatic heterocycles. The maximum Gasteiger partial charge on any atom is 0.727 e. The summed E-state index contributed by atoms with van der Waals surface area (Å²) in [4.78, 5) is 0. The van der Waals surface area contributed by atoms with Crippen LogP contribution in [0.1, 0.15) is 0 Å². The minimum absolute atomic E-state index is 0.540. The molecule has 0 fully saturated rings. The molecule has 0 atom stereocenters. The normalized spacial score (nSPS) is 9.40. The molecule has 1 aromatic heterocycles. The van der Waals surface area contributed by atoms with Gasteiger partial charge in [0.1, 0.15) is 5.75 Å². The number of thiophene rings is 1. The third kappa shape index (κ3) is 2.19. The Hall–Kier alpha value is -0.225. The SMILES string of the molecule is OB(OCl)Oc1ccsc1. The van der Waals surface area contributed by atoms with Gasteiger partial charge in [-0.3, -0.25) is 4.21 Å². The number of hydrogen-bond donors (Lipinski definition) is 1. The Bertz CT molecular complexity index is 181. The van der Waals surface area contributed by atoms with Gasteiger partial charge in [0.05, 0.1) is 0 Å². The van der Waals surface area contributed by atoms with Crippen LogP contribution in [0.2, 0.25) is 0 Å². The fourth-order valence-corrected chi connectivity index (χ4v) is 1.05. The molecule has 0 saturated heterocycles. The van der Waals surface area contributed by atoms with Crippen molar-refractivity contribution in [2.45, 2.75) is 0 Å². The zero-order chi connectivity index (χ0) is 7.40. The number of rotatable bonds is 3. The van der Waals surface area contributed by atoms with Gasteiger partial charge < -0.3 is 9.68 Å². The van der Waals surface area contributed by atoms with E-state index < -0.39 is 7.32 Å². The smallest absolute Gasteiger partial charge is 0.510 e. The molecule has 0 aliphatic rings. The highest BCUT2D eigenvalue weighted by molar-refractivity contribution is 7.08. The van der Waals surface area contributed by atoms with Crippen LogP contribution in [0.25, 0.3) is 0 Å². The number of halogens is 1. The summed E-state index contributed by atoms with van der Waals surface area (Å²) in [7, 11) is -1.39. The molecule has 1 heterocycles. The summed E-state index contributed by atoms with van der Waals surface area (Å²) in [6.45, 7) is 0. The Balaban J connectivity index is 2.40. The van der Waals surface area contributed by atoms with E-state index >= 15 is 0 Å². The van der Waals surface area contributed by atoms with Gasteiger partial charge >= 0.3 is 7.32 Å². The standard InChI is InChI=1S/C4H4BClO3S/c6-9-5(7)8-4-1-2-10-3-4/h1-3,7H. The molecule has 0 aliphatic carbocycles. The van der Waals surface area contributed by atoms with Crippen molar-refractivity contribution in [2.75, 3.05) is 0 Å². The maximum atomic E-state index is 8.66. The van der Waals surface area contributed by atoms with Crippen LogP contribution in [0, 0.1) is 0 Å². The van der Waals surface area contributed by atoms with E-state index in [1.165, 1.54) is 11.3 Å². The first-order chi connectivity index (χ1) is 4.83. The molecule has 1 rings (SSSR count). The Kier molecular flexibility index (Phi) is 3.01. The first-order valence-electron chi connectivity index (χ1n) is 2.47. The molecule has 0 radical (unpaired) electrons.